The third-order valence-corrected chi connectivity index (χ3v) is 5.61. The van der Waals surface area contributed by atoms with Gasteiger partial charge in [-0.25, -0.2) is 4.98 Å². The summed E-state index contributed by atoms with van der Waals surface area (Å²) in [5.74, 6) is 1.29. The number of carbonyl (C=O) groups is 2. The van der Waals surface area contributed by atoms with Gasteiger partial charge in [0.05, 0.1) is 6.54 Å². The number of hydrogen-bond acceptors (Lipinski definition) is 5. The molecule has 3 heterocycles. The van der Waals surface area contributed by atoms with Crippen LogP contribution in [0.3, 0.4) is 0 Å². The Kier molecular flexibility index (Phi) is 5.39. The van der Waals surface area contributed by atoms with Crippen molar-refractivity contribution in [1.29, 1.82) is 0 Å². The molecule has 146 valence electrons. The molecular weight excluding hydrogens is 352 g/mol. The summed E-state index contributed by atoms with van der Waals surface area (Å²) in [7, 11) is 0. The Morgan fingerprint density at radius 1 is 1.04 bits per heavy atom. The fraction of sp³-hybridized carbons (Fsp3) is 0.409. The lowest BCUT2D eigenvalue weighted by Gasteiger charge is -2.35. The maximum absolute atomic E-state index is 12.8. The van der Waals surface area contributed by atoms with Crippen LogP contribution in [-0.2, 0) is 11.2 Å². The fourth-order valence-electron chi connectivity index (χ4n) is 4.00. The first-order valence-electron chi connectivity index (χ1n) is 10.0. The predicted octanol–water partition coefficient (Wildman–Crippen LogP) is 2.39. The van der Waals surface area contributed by atoms with Gasteiger partial charge in [0, 0.05) is 56.6 Å². The average Bonchev–Trinajstić information content (AvgIpc) is 3.17. The van der Waals surface area contributed by atoms with E-state index in [9.17, 15) is 9.59 Å². The van der Waals surface area contributed by atoms with Crippen LogP contribution in [0.1, 0.15) is 29.3 Å². The minimum absolute atomic E-state index is 0.142. The first-order chi connectivity index (χ1) is 13.7. The molecule has 0 radical (unpaired) electrons. The predicted molar refractivity (Wildman–Crippen MR) is 110 cm³/mol. The van der Waals surface area contributed by atoms with E-state index in [-0.39, 0.29) is 11.7 Å². The quantitative estimate of drug-likeness (QED) is 0.748. The van der Waals surface area contributed by atoms with Crippen LogP contribution >= 0.6 is 0 Å². The van der Waals surface area contributed by atoms with Crippen LogP contribution in [0, 0.1) is 0 Å². The Hall–Kier alpha value is -2.73. The highest BCUT2D eigenvalue weighted by molar-refractivity contribution is 6.00. The number of fused-ring (bicyclic) bond motifs is 1. The van der Waals surface area contributed by atoms with Crippen molar-refractivity contribution in [2.75, 3.05) is 49.1 Å². The van der Waals surface area contributed by atoms with E-state index in [2.05, 4.69) is 14.8 Å². The number of nitrogens with zero attached hydrogens (tertiary/aromatic N) is 4. The molecule has 6 heteroatoms. The molecule has 1 aromatic carbocycles. The molecule has 0 aliphatic carbocycles. The smallest absolute Gasteiger partial charge is 0.226 e. The Morgan fingerprint density at radius 3 is 2.57 bits per heavy atom. The third kappa shape index (κ3) is 3.78. The molecule has 2 aromatic rings. The molecular formula is C22H26N4O2. The summed E-state index contributed by atoms with van der Waals surface area (Å²) in [6, 6.07) is 11.7. The van der Waals surface area contributed by atoms with Crippen molar-refractivity contribution in [3.8, 4) is 0 Å². The molecule has 4 rings (SSSR count). The van der Waals surface area contributed by atoms with Crippen LogP contribution in [0.2, 0.25) is 0 Å². The van der Waals surface area contributed by atoms with Crippen molar-refractivity contribution in [2.45, 2.75) is 19.8 Å². The van der Waals surface area contributed by atoms with E-state index < -0.39 is 0 Å². The van der Waals surface area contributed by atoms with E-state index in [4.69, 9.17) is 0 Å². The zero-order valence-electron chi connectivity index (χ0n) is 16.3. The molecule has 2 aliphatic heterocycles. The topological polar surface area (TPSA) is 56.8 Å². The number of carbonyl (C=O) groups excluding carboxylic acids is 2. The van der Waals surface area contributed by atoms with Gasteiger partial charge in [0.1, 0.15) is 5.82 Å². The van der Waals surface area contributed by atoms with E-state index >= 15 is 0 Å². The Bertz CT molecular complexity index is 860. The number of rotatable bonds is 5. The van der Waals surface area contributed by atoms with Crippen molar-refractivity contribution in [2.24, 2.45) is 0 Å². The summed E-state index contributed by atoms with van der Waals surface area (Å²) >= 11 is 0. The number of ketones is 1. The zero-order chi connectivity index (χ0) is 19.5. The highest BCUT2D eigenvalue weighted by atomic mass is 16.2. The van der Waals surface area contributed by atoms with Gasteiger partial charge in [-0.3, -0.25) is 14.5 Å². The van der Waals surface area contributed by atoms with E-state index in [0.717, 1.165) is 61.8 Å². The molecule has 1 saturated heterocycles. The fourth-order valence-corrected chi connectivity index (χ4v) is 4.00. The van der Waals surface area contributed by atoms with Crippen molar-refractivity contribution >= 4 is 23.2 Å². The number of piperazine rings is 1. The van der Waals surface area contributed by atoms with Gasteiger partial charge in [0.15, 0.2) is 5.78 Å². The molecule has 1 amide bonds. The maximum atomic E-state index is 12.8. The van der Waals surface area contributed by atoms with Gasteiger partial charge in [-0.2, -0.15) is 0 Å². The van der Waals surface area contributed by atoms with Crippen LogP contribution in [0.15, 0.2) is 42.6 Å². The number of anilines is 2. The minimum atomic E-state index is 0.142. The largest absolute Gasteiger partial charge is 0.354 e. The Morgan fingerprint density at radius 2 is 1.86 bits per heavy atom. The maximum Gasteiger partial charge on any atom is 0.226 e. The highest BCUT2D eigenvalue weighted by Crippen LogP contribution is 2.29. The number of hydrogen-bond donors (Lipinski definition) is 0. The molecule has 0 unspecified atom stereocenters. The van der Waals surface area contributed by atoms with E-state index in [1.54, 1.807) is 0 Å². The monoisotopic (exact) mass is 378 g/mol. The zero-order valence-corrected chi connectivity index (χ0v) is 16.3. The number of Topliss-reactive ketones (excluding diaryl/α,β-unsaturated/α-hetero) is 1. The van der Waals surface area contributed by atoms with Gasteiger partial charge in [0.2, 0.25) is 5.91 Å². The van der Waals surface area contributed by atoms with E-state index in [0.29, 0.717) is 13.0 Å². The summed E-state index contributed by atoms with van der Waals surface area (Å²) in [6.07, 6.45) is 3.14. The van der Waals surface area contributed by atoms with Crippen molar-refractivity contribution in [3.63, 3.8) is 0 Å². The first-order valence-corrected chi connectivity index (χ1v) is 10.0. The average molecular weight is 378 g/mol. The van der Waals surface area contributed by atoms with Gasteiger partial charge in [0.25, 0.3) is 0 Å². The number of aromatic nitrogens is 1. The normalized spacial score (nSPS) is 16.9. The molecule has 0 N–H and O–H groups in total. The van der Waals surface area contributed by atoms with Gasteiger partial charge in [-0.05, 0) is 42.3 Å². The van der Waals surface area contributed by atoms with E-state index in [1.165, 1.54) is 0 Å². The molecule has 1 fully saturated rings. The lowest BCUT2D eigenvalue weighted by molar-refractivity contribution is -0.118. The summed E-state index contributed by atoms with van der Waals surface area (Å²) in [5, 5.41) is 0. The lowest BCUT2D eigenvalue weighted by Crippen LogP contribution is -2.48. The summed E-state index contributed by atoms with van der Waals surface area (Å²) in [4.78, 5) is 35.5. The van der Waals surface area contributed by atoms with Gasteiger partial charge < -0.3 is 9.80 Å². The van der Waals surface area contributed by atoms with Crippen LogP contribution in [0.4, 0.5) is 11.5 Å². The van der Waals surface area contributed by atoms with Crippen LogP contribution < -0.4 is 9.80 Å². The molecule has 2 aliphatic rings. The number of pyridine rings is 1. The van der Waals surface area contributed by atoms with Gasteiger partial charge in [-0.1, -0.05) is 13.0 Å². The summed E-state index contributed by atoms with van der Waals surface area (Å²) < 4.78 is 0. The summed E-state index contributed by atoms with van der Waals surface area (Å²) in [6.45, 7) is 6.50. The van der Waals surface area contributed by atoms with Crippen molar-refractivity contribution in [3.05, 3.63) is 53.7 Å². The second-order valence-corrected chi connectivity index (χ2v) is 7.37. The number of amides is 1. The highest BCUT2D eigenvalue weighted by Gasteiger charge is 2.25. The minimum Gasteiger partial charge on any atom is -0.354 e. The van der Waals surface area contributed by atoms with Gasteiger partial charge in [-0.15, -0.1) is 0 Å². The lowest BCUT2D eigenvalue weighted by atomic mass is 10.0. The summed E-state index contributed by atoms with van der Waals surface area (Å²) in [5.41, 5.74) is 2.82. The Labute approximate surface area is 165 Å². The number of benzene rings is 1. The second-order valence-electron chi connectivity index (χ2n) is 7.37. The molecule has 0 saturated carbocycles. The standard InChI is InChI=1S/C22H26N4O2/c1-2-22(28)26-10-8-17-15-18(6-7-19(17)26)20(27)16-24-11-13-25(14-12-24)21-5-3-4-9-23-21/h3-7,9,15H,2,8,10-14,16H2,1H3. The second kappa shape index (κ2) is 8.10. The molecule has 0 bridgehead atoms. The van der Waals surface area contributed by atoms with Crippen molar-refractivity contribution in [1.82, 2.24) is 9.88 Å². The van der Waals surface area contributed by atoms with Crippen molar-refractivity contribution < 1.29 is 9.59 Å². The molecule has 0 spiro atoms. The van der Waals surface area contributed by atoms with Crippen LogP contribution in [0.25, 0.3) is 0 Å². The molecule has 6 nitrogen and oxygen atoms in total. The SMILES string of the molecule is CCC(=O)N1CCc2cc(C(=O)CN3CCN(c4ccccn4)CC3)ccc21. The van der Waals surface area contributed by atoms with Gasteiger partial charge >= 0.3 is 0 Å². The molecule has 1 aromatic heterocycles. The molecule has 0 atom stereocenters. The van der Waals surface area contributed by atoms with E-state index in [1.807, 2.05) is 54.4 Å². The van der Waals surface area contributed by atoms with Crippen LogP contribution in [0.5, 0.6) is 0 Å². The Balaban J connectivity index is 1.36. The van der Waals surface area contributed by atoms with Crippen LogP contribution in [-0.4, -0.2) is 60.8 Å². The third-order valence-electron chi connectivity index (χ3n) is 5.61. The first kappa shape index (κ1) is 18.6. The molecule has 28 heavy (non-hydrogen) atoms.